The first-order valence-electron chi connectivity index (χ1n) is 7.86. The van der Waals surface area contributed by atoms with Crippen molar-refractivity contribution in [2.75, 3.05) is 20.8 Å². The molecule has 10 heteroatoms. The summed E-state index contributed by atoms with van der Waals surface area (Å²) in [5, 5.41) is 0. The number of alkyl halides is 3. The van der Waals surface area contributed by atoms with Crippen molar-refractivity contribution >= 4 is 11.8 Å². The highest BCUT2D eigenvalue weighted by atomic mass is 19.4. The molecular weight excluding hydrogens is 381 g/mol. The van der Waals surface area contributed by atoms with E-state index in [1.54, 1.807) is 0 Å². The van der Waals surface area contributed by atoms with Crippen molar-refractivity contribution in [1.82, 2.24) is 10.9 Å². The van der Waals surface area contributed by atoms with Gasteiger partial charge < -0.3 is 14.2 Å². The molecule has 0 fully saturated rings. The van der Waals surface area contributed by atoms with E-state index in [-0.39, 0.29) is 17.1 Å². The van der Waals surface area contributed by atoms with Gasteiger partial charge in [-0.15, -0.1) is 0 Å². The average molecular weight is 398 g/mol. The van der Waals surface area contributed by atoms with Gasteiger partial charge in [-0.2, -0.15) is 13.2 Å². The smallest absolute Gasteiger partial charge is 0.416 e. The number of hydrogen-bond acceptors (Lipinski definition) is 5. The van der Waals surface area contributed by atoms with Gasteiger partial charge in [-0.1, -0.05) is 6.07 Å². The molecule has 0 aliphatic carbocycles. The minimum absolute atomic E-state index is 0.131. The molecule has 2 aromatic rings. The van der Waals surface area contributed by atoms with Crippen LogP contribution >= 0.6 is 0 Å². The summed E-state index contributed by atoms with van der Waals surface area (Å²) in [5.74, 6) is -0.850. The number of carbonyl (C=O) groups excluding carboxylic acids is 2. The molecule has 0 atom stereocenters. The summed E-state index contributed by atoms with van der Waals surface area (Å²) in [7, 11) is 2.83. The van der Waals surface area contributed by atoms with E-state index >= 15 is 0 Å². The summed E-state index contributed by atoms with van der Waals surface area (Å²) < 4.78 is 53.1. The Labute approximate surface area is 158 Å². The zero-order chi connectivity index (χ0) is 20.7. The van der Waals surface area contributed by atoms with Gasteiger partial charge in [0.15, 0.2) is 6.61 Å². The van der Waals surface area contributed by atoms with Crippen LogP contribution in [-0.4, -0.2) is 32.6 Å². The van der Waals surface area contributed by atoms with Crippen LogP contribution in [0, 0.1) is 0 Å². The van der Waals surface area contributed by atoms with Gasteiger partial charge in [0.2, 0.25) is 0 Å². The Kier molecular flexibility index (Phi) is 6.69. The van der Waals surface area contributed by atoms with E-state index in [1.807, 2.05) is 0 Å². The van der Waals surface area contributed by atoms with E-state index in [0.29, 0.717) is 5.75 Å². The van der Waals surface area contributed by atoms with Gasteiger partial charge >= 0.3 is 6.18 Å². The third-order valence-corrected chi connectivity index (χ3v) is 3.50. The molecule has 2 amide bonds. The molecule has 0 saturated heterocycles. The highest BCUT2D eigenvalue weighted by molar-refractivity contribution is 5.98. The van der Waals surface area contributed by atoms with Crippen LogP contribution in [0.4, 0.5) is 13.2 Å². The Morgan fingerprint density at radius 2 is 1.71 bits per heavy atom. The normalized spacial score (nSPS) is 10.8. The molecule has 2 N–H and O–H groups in total. The van der Waals surface area contributed by atoms with Crippen LogP contribution in [0.5, 0.6) is 17.2 Å². The Bertz CT molecular complexity index is 855. The summed E-state index contributed by atoms with van der Waals surface area (Å²) >= 11 is 0. The van der Waals surface area contributed by atoms with Crippen molar-refractivity contribution < 1.29 is 37.0 Å². The molecule has 0 saturated carbocycles. The maximum absolute atomic E-state index is 12.6. The molecule has 2 rings (SSSR count). The Morgan fingerprint density at radius 1 is 0.964 bits per heavy atom. The lowest BCUT2D eigenvalue weighted by atomic mass is 10.2. The minimum Gasteiger partial charge on any atom is -0.497 e. The Hall–Kier alpha value is -3.43. The first-order valence-corrected chi connectivity index (χ1v) is 7.86. The monoisotopic (exact) mass is 398 g/mol. The van der Waals surface area contributed by atoms with E-state index in [4.69, 9.17) is 14.2 Å². The van der Waals surface area contributed by atoms with Gasteiger partial charge in [-0.25, -0.2) is 0 Å². The molecule has 150 valence electrons. The Morgan fingerprint density at radius 3 is 2.36 bits per heavy atom. The lowest BCUT2D eigenvalue weighted by Gasteiger charge is -2.12. The van der Waals surface area contributed by atoms with Crippen molar-refractivity contribution in [1.29, 1.82) is 0 Å². The lowest BCUT2D eigenvalue weighted by Crippen LogP contribution is -2.43. The lowest BCUT2D eigenvalue weighted by molar-refractivity contribution is -0.137. The Balaban J connectivity index is 1.90. The maximum atomic E-state index is 12.6. The molecule has 0 aliphatic rings. The third kappa shape index (κ3) is 5.53. The second kappa shape index (κ2) is 8.98. The number of rotatable bonds is 6. The molecule has 0 unspecified atom stereocenters. The van der Waals surface area contributed by atoms with Crippen LogP contribution < -0.4 is 25.1 Å². The molecular formula is C18H17F3N2O5. The summed E-state index contributed by atoms with van der Waals surface area (Å²) in [4.78, 5) is 23.9. The molecule has 2 aromatic carbocycles. The van der Waals surface area contributed by atoms with Gasteiger partial charge in [0.05, 0.1) is 25.3 Å². The molecule has 0 bridgehead atoms. The van der Waals surface area contributed by atoms with E-state index in [2.05, 4.69) is 10.9 Å². The highest BCUT2D eigenvalue weighted by Gasteiger charge is 2.30. The van der Waals surface area contributed by atoms with E-state index in [1.165, 1.54) is 38.5 Å². The number of ether oxygens (including phenoxy) is 3. The minimum atomic E-state index is -4.52. The maximum Gasteiger partial charge on any atom is 0.416 e. The SMILES string of the molecule is COc1ccc(C(=O)NNC(=O)COc2cccc(C(F)(F)F)c2)c(OC)c1. The molecule has 0 aromatic heterocycles. The van der Waals surface area contributed by atoms with Crippen molar-refractivity contribution in [2.45, 2.75) is 6.18 Å². The molecule has 0 aliphatic heterocycles. The second-order valence-corrected chi connectivity index (χ2v) is 5.38. The van der Waals surface area contributed by atoms with Gasteiger partial charge in [-0.05, 0) is 30.3 Å². The van der Waals surface area contributed by atoms with Gasteiger partial charge in [-0.3, -0.25) is 20.4 Å². The standard InChI is InChI=1S/C18H17F3N2O5/c1-26-12-6-7-14(15(9-12)27-2)17(25)23-22-16(24)10-28-13-5-3-4-11(8-13)18(19,20)21/h3-9H,10H2,1-2H3,(H,22,24)(H,23,25). The van der Waals surface area contributed by atoms with Crippen LogP contribution in [0.25, 0.3) is 0 Å². The van der Waals surface area contributed by atoms with E-state index in [9.17, 15) is 22.8 Å². The first-order chi connectivity index (χ1) is 13.2. The van der Waals surface area contributed by atoms with Crippen LogP contribution in [0.3, 0.4) is 0 Å². The molecule has 0 radical (unpaired) electrons. The molecule has 7 nitrogen and oxygen atoms in total. The first kappa shape index (κ1) is 20.9. The van der Waals surface area contributed by atoms with Gasteiger partial charge in [0.25, 0.3) is 11.8 Å². The topological polar surface area (TPSA) is 85.9 Å². The fourth-order valence-corrected chi connectivity index (χ4v) is 2.13. The van der Waals surface area contributed by atoms with Crippen LogP contribution in [-0.2, 0) is 11.0 Å². The highest BCUT2D eigenvalue weighted by Crippen LogP contribution is 2.31. The van der Waals surface area contributed by atoms with Gasteiger partial charge in [0, 0.05) is 6.07 Å². The van der Waals surface area contributed by atoms with Crippen molar-refractivity contribution in [3.63, 3.8) is 0 Å². The van der Waals surface area contributed by atoms with Crippen molar-refractivity contribution in [3.8, 4) is 17.2 Å². The largest absolute Gasteiger partial charge is 0.497 e. The van der Waals surface area contributed by atoms with Gasteiger partial charge in [0.1, 0.15) is 17.2 Å². The van der Waals surface area contributed by atoms with Crippen LogP contribution in [0.15, 0.2) is 42.5 Å². The fraction of sp³-hybridized carbons (Fsp3) is 0.222. The quantitative estimate of drug-likeness (QED) is 0.731. The third-order valence-electron chi connectivity index (χ3n) is 3.50. The number of nitrogens with one attached hydrogen (secondary N) is 2. The van der Waals surface area contributed by atoms with E-state index < -0.39 is 30.2 Å². The summed E-state index contributed by atoms with van der Waals surface area (Å²) in [6.07, 6.45) is -4.52. The summed E-state index contributed by atoms with van der Waals surface area (Å²) in [6.45, 7) is -0.596. The number of halogens is 3. The summed E-state index contributed by atoms with van der Waals surface area (Å²) in [5.41, 5.74) is 3.51. The number of methoxy groups -OCH3 is 2. The number of hydrazine groups is 1. The van der Waals surface area contributed by atoms with E-state index in [0.717, 1.165) is 18.2 Å². The average Bonchev–Trinajstić information content (AvgIpc) is 2.69. The van der Waals surface area contributed by atoms with Crippen molar-refractivity contribution in [2.24, 2.45) is 0 Å². The zero-order valence-electron chi connectivity index (χ0n) is 14.9. The second-order valence-electron chi connectivity index (χ2n) is 5.38. The number of hydrogen-bond donors (Lipinski definition) is 2. The van der Waals surface area contributed by atoms with Crippen LogP contribution in [0.1, 0.15) is 15.9 Å². The predicted molar refractivity (Wildman–Crippen MR) is 92.1 cm³/mol. The molecule has 0 heterocycles. The molecule has 0 spiro atoms. The predicted octanol–water partition coefficient (Wildman–Crippen LogP) is 2.56. The van der Waals surface area contributed by atoms with Crippen molar-refractivity contribution in [3.05, 3.63) is 53.6 Å². The number of amides is 2. The fourth-order valence-electron chi connectivity index (χ4n) is 2.13. The van der Waals surface area contributed by atoms with Crippen LogP contribution in [0.2, 0.25) is 0 Å². The number of benzene rings is 2. The molecule has 28 heavy (non-hydrogen) atoms. The zero-order valence-corrected chi connectivity index (χ0v) is 14.9. The summed E-state index contributed by atoms with van der Waals surface area (Å²) in [6, 6.07) is 8.57. The number of carbonyl (C=O) groups is 2.